The van der Waals surface area contributed by atoms with Crippen molar-refractivity contribution < 1.29 is 164 Å². The second-order valence-corrected chi connectivity index (χ2v) is 25.3. The van der Waals surface area contributed by atoms with Crippen LogP contribution in [0.1, 0.15) is 61.9 Å². The molecule has 6 aromatic rings. The third kappa shape index (κ3) is 85.7. The molecule has 6 aromatic heterocycles. The fourth-order valence-corrected chi connectivity index (χ4v) is 5.18. The zero-order valence-electron chi connectivity index (χ0n) is 46.8. The van der Waals surface area contributed by atoms with Crippen LogP contribution in [0.4, 0.5) is 101 Å². The van der Waals surface area contributed by atoms with Gasteiger partial charge in [0.15, 0.2) is 11.6 Å². The molecule has 0 radical (unpaired) electrons. The van der Waals surface area contributed by atoms with Gasteiger partial charge in [-0.1, -0.05) is 47.9 Å². The molecular weight excluding hydrogens is 1480 g/mol. The number of aromatic nitrogens is 6. The van der Waals surface area contributed by atoms with Crippen LogP contribution in [0.25, 0.3) is 0 Å². The first-order valence-corrected chi connectivity index (χ1v) is 31.7. The molecule has 0 aromatic carbocycles. The maximum absolute atomic E-state index is 10.7. The van der Waals surface area contributed by atoms with Gasteiger partial charge in [-0.3, -0.25) is 49.3 Å². The Morgan fingerprint density at radius 3 is 0.533 bits per heavy atom. The summed E-state index contributed by atoms with van der Waals surface area (Å²) < 4.78 is 237. The van der Waals surface area contributed by atoms with Crippen molar-refractivity contribution in [3.05, 3.63) is 204 Å². The minimum atomic E-state index is -10.7. The van der Waals surface area contributed by atoms with E-state index in [1.165, 1.54) is 27.7 Å². The number of rotatable bonds is 12. The fourth-order valence-electron chi connectivity index (χ4n) is 5.18. The van der Waals surface area contributed by atoms with E-state index in [1.807, 2.05) is 146 Å². The Hall–Kier alpha value is -6.37. The van der Waals surface area contributed by atoms with Crippen molar-refractivity contribution in [2.24, 2.45) is 0 Å². The molecule has 0 bridgehead atoms. The van der Waals surface area contributed by atoms with Crippen molar-refractivity contribution in [1.29, 1.82) is 0 Å². The van der Waals surface area contributed by atoms with E-state index in [0.29, 0.717) is 12.2 Å². The van der Waals surface area contributed by atoms with E-state index < -0.39 is 54.3 Å². The summed E-state index contributed by atoms with van der Waals surface area (Å²) in [6.45, 7) is 10.7. The summed E-state index contributed by atoms with van der Waals surface area (Å²) >= 11 is 0. The van der Waals surface area contributed by atoms with Crippen molar-refractivity contribution in [3.8, 4) is 0 Å². The molecule has 0 aliphatic heterocycles. The normalized spacial score (nSPS) is 14.8. The second-order valence-electron chi connectivity index (χ2n) is 17.6. The van der Waals surface area contributed by atoms with E-state index in [2.05, 4.69) is 39.7 Å². The van der Waals surface area contributed by atoms with E-state index in [-0.39, 0.29) is 45.1 Å². The van der Waals surface area contributed by atoms with E-state index in [0.717, 1.165) is 73.4 Å². The first kappa shape index (κ1) is 92.0. The number of pyridine rings is 6. The van der Waals surface area contributed by atoms with Gasteiger partial charge in [0.2, 0.25) is 0 Å². The summed E-state index contributed by atoms with van der Waals surface area (Å²) in [5, 5.41) is 20.7. The molecule has 6 heterocycles. The number of hydrogen-bond acceptors (Lipinski definition) is 14. The maximum atomic E-state index is 10.3. The summed E-state index contributed by atoms with van der Waals surface area (Å²) in [4.78, 5) is 70.7. The average Bonchev–Trinajstić information content (AvgIpc) is 0.823. The van der Waals surface area contributed by atoms with Crippen LogP contribution in [0.2, 0.25) is 0 Å². The van der Waals surface area contributed by atoms with Crippen LogP contribution in [0.3, 0.4) is 0 Å². The van der Waals surface area contributed by atoms with Gasteiger partial charge in [-0.15, -0.1) is 0 Å². The minimum absolute atomic E-state index is 0. The molecule has 0 saturated heterocycles. The molecule has 44 heteroatoms. The molecule has 92 heavy (non-hydrogen) atoms. The van der Waals surface area contributed by atoms with Gasteiger partial charge in [0.05, 0.1) is 34.2 Å². The Balaban J connectivity index is -0.000000510. The third-order valence-electron chi connectivity index (χ3n) is 7.68. The van der Waals surface area contributed by atoms with Gasteiger partial charge < -0.3 is 19.8 Å². The summed E-state index contributed by atoms with van der Waals surface area (Å²) in [5.41, 5.74) is 6.30. The molecule has 1 aliphatic carbocycles. The van der Waals surface area contributed by atoms with Gasteiger partial charge in [0, 0.05) is 76.4 Å². The number of nitrogens with zero attached hydrogens (tertiary/aromatic N) is 8. The number of carbonyl (C=O) groups excluding carboxylic acids is 4. The quantitative estimate of drug-likeness (QED) is 0.0637. The number of hydrogen-bond donors (Lipinski definition) is 0. The Bertz CT molecular complexity index is 2760. The van der Waals surface area contributed by atoms with Crippen LogP contribution in [-0.4, -0.2) is 62.8 Å². The minimum Gasteiger partial charge on any atom is -0.870 e. The number of halogens is 24. The van der Waals surface area contributed by atoms with Crippen LogP contribution < -0.4 is 10.2 Å². The molecular formula is C48H50Co2F24N8O6P4. The number of ketones is 4. The molecule has 14 nitrogen and oxygen atoms in total. The number of carbonyl (C=O) groups is 4. The van der Waals surface area contributed by atoms with Gasteiger partial charge >= 0.3 is 166 Å². The van der Waals surface area contributed by atoms with Crippen LogP contribution in [-0.2, 0) is 92.0 Å². The molecule has 0 atom stereocenters. The molecule has 524 valence electrons. The predicted molar refractivity (Wildman–Crippen MR) is 284 cm³/mol. The molecule has 0 fully saturated rings. The van der Waals surface area contributed by atoms with Crippen molar-refractivity contribution >= 4 is 54.4 Å². The zero-order valence-corrected chi connectivity index (χ0v) is 52.5. The summed E-state index contributed by atoms with van der Waals surface area (Å²) in [7, 11) is -42.6. The first-order valence-electron chi connectivity index (χ1n) is 23.6. The molecule has 0 spiro atoms. The Morgan fingerprint density at radius 2 is 0.435 bits per heavy atom. The van der Waals surface area contributed by atoms with Gasteiger partial charge in [-0.05, 0) is 113 Å². The van der Waals surface area contributed by atoms with Crippen LogP contribution in [0, 0.1) is 0 Å². The van der Waals surface area contributed by atoms with E-state index in [9.17, 15) is 130 Å². The van der Waals surface area contributed by atoms with Crippen LogP contribution in [0.5, 0.6) is 0 Å². The fraction of sp³-hybridized carbons (Fsp3) is 0.208. The predicted octanol–water partition coefficient (Wildman–Crippen LogP) is 18.5. The Kier molecular flexibility index (Phi) is 33.2. The molecule has 0 N–H and O–H groups in total. The van der Waals surface area contributed by atoms with Crippen molar-refractivity contribution in [3.63, 3.8) is 0 Å². The van der Waals surface area contributed by atoms with E-state index in [1.54, 1.807) is 0 Å². The SMILES string of the molecule is CC(C)=O.CC(C)=O.F[P-](F)(F)(F)(F)F.F[P-](F)(F)(F)(F)F.F[P-](F)(F)(F)(F)F.F[P-](F)(F)(F)(F)F.O=C1C=C([O-])C(=O)C=C1[O-].[Co+3].[Co+3].c1ccc(CN(Cc2ccccn2)Cc2ccccn2)nc1.c1ccc(CN(Cc2ccccn2)Cc2ccccn2)nc1. The van der Waals surface area contributed by atoms with E-state index >= 15 is 0 Å². The topological polar surface area (TPSA) is 198 Å². The van der Waals surface area contributed by atoms with Crippen LogP contribution >= 0.6 is 31.2 Å². The summed E-state index contributed by atoms with van der Waals surface area (Å²) in [6.07, 6.45) is 12.0. The summed E-state index contributed by atoms with van der Waals surface area (Å²) in [6, 6.07) is 36.0. The number of allylic oxidation sites excluding steroid dienone is 2. The second kappa shape index (κ2) is 33.1. The molecule has 0 saturated carbocycles. The van der Waals surface area contributed by atoms with Crippen molar-refractivity contribution in [1.82, 2.24) is 39.7 Å². The molecule has 7 rings (SSSR count). The average molecular weight is 1530 g/mol. The van der Waals surface area contributed by atoms with Gasteiger partial charge in [-0.25, -0.2) is 0 Å². The monoisotopic (exact) mass is 1530 g/mol. The number of Topliss-reactive ketones (excluding diaryl/α,β-unsaturated/α-hetero) is 2. The molecule has 0 unspecified atom stereocenters. The Morgan fingerprint density at radius 1 is 0.315 bits per heavy atom. The van der Waals surface area contributed by atoms with Crippen molar-refractivity contribution in [2.75, 3.05) is 0 Å². The van der Waals surface area contributed by atoms with E-state index in [4.69, 9.17) is 0 Å². The van der Waals surface area contributed by atoms with Gasteiger partial charge in [0.25, 0.3) is 0 Å². The standard InChI is InChI=1S/2C18H18N4.C6H4O4.2C3H6O.2Co.4F6P/c2*1-4-10-19-16(7-1)13-22(14-17-8-2-5-11-20-17)15-18-9-3-6-12-21-18;7-3-1-4(8)6(10)2-5(3)9;2*1-3(2)4;;;4*1-7(2,3,4,5)6/h2*1-12H,13-15H2;1-2,7,10H;2*1-2H3;;;;;;/q;;;;;2*+3;4*-1/p-2. The van der Waals surface area contributed by atoms with Crippen molar-refractivity contribution in [2.45, 2.75) is 67.0 Å². The zero-order chi connectivity index (χ0) is 70.6. The molecule has 1 aliphatic rings. The Labute approximate surface area is 527 Å². The smallest absolute Gasteiger partial charge is 0.870 e. The summed E-state index contributed by atoms with van der Waals surface area (Å²) in [5.74, 6) is -3.37. The first-order chi connectivity index (χ1) is 39.7. The maximum Gasteiger partial charge on any atom is 3.00 e. The largest absolute Gasteiger partial charge is 3.00 e. The van der Waals surface area contributed by atoms with Gasteiger partial charge in [0.1, 0.15) is 11.6 Å². The third-order valence-corrected chi connectivity index (χ3v) is 7.68. The van der Waals surface area contributed by atoms with Gasteiger partial charge in [-0.2, -0.15) is 0 Å². The molecule has 0 amide bonds. The van der Waals surface area contributed by atoms with Crippen LogP contribution in [0.15, 0.2) is 170 Å².